The first-order valence-corrected chi connectivity index (χ1v) is 12.0. The number of halogens is 1. The molecule has 9 nitrogen and oxygen atoms in total. The van der Waals surface area contributed by atoms with Crippen molar-refractivity contribution in [2.75, 3.05) is 54.9 Å². The molecule has 1 aromatic heterocycles. The van der Waals surface area contributed by atoms with Crippen LogP contribution in [0, 0.1) is 0 Å². The number of aliphatic hydroxyl groups is 1. The standard InChI is InChI=1S/C26H26ClN5O4/c27-21-17-20(35-16-15-33)9-10-22(21)30-26(34)32-13-11-31(12-14-32)19-7-5-18(6-8-19)28-25-29-23-3-1-2-4-24(23)36-25/h1-10,17,33H,11-16H2,(H,28,29)(H,30,34). The lowest BCUT2D eigenvalue weighted by Gasteiger charge is -2.36. The van der Waals surface area contributed by atoms with Gasteiger partial charge < -0.3 is 34.7 Å². The second-order valence-electron chi connectivity index (χ2n) is 8.28. The van der Waals surface area contributed by atoms with Crippen LogP contribution in [0.1, 0.15) is 0 Å². The number of urea groups is 1. The van der Waals surface area contributed by atoms with Crippen LogP contribution in [0.25, 0.3) is 11.1 Å². The number of carbonyl (C=O) groups is 1. The highest BCUT2D eigenvalue weighted by Crippen LogP contribution is 2.28. The number of hydrogen-bond donors (Lipinski definition) is 3. The molecule has 0 saturated carbocycles. The van der Waals surface area contributed by atoms with Gasteiger partial charge in [-0.3, -0.25) is 0 Å². The number of anilines is 4. The van der Waals surface area contributed by atoms with Crippen molar-refractivity contribution in [3.63, 3.8) is 0 Å². The third-order valence-electron chi connectivity index (χ3n) is 5.89. The van der Waals surface area contributed by atoms with Crippen LogP contribution in [0.5, 0.6) is 5.75 Å². The van der Waals surface area contributed by atoms with E-state index >= 15 is 0 Å². The van der Waals surface area contributed by atoms with Crippen molar-refractivity contribution in [2.24, 2.45) is 0 Å². The summed E-state index contributed by atoms with van der Waals surface area (Å²) in [6.45, 7) is 2.71. The molecule has 0 unspecified atom stereocenters. The molecule has 10 heteroatoms. The molecule has 36 heavy (non-hydrogen) atoms. The van der Waals surface area contributed by atoms with E-state index in [4.69, 9.17) is 25.9 Å². The molecule has 1 fully saturated rings. The van der Waals surface area contributed by atoms with Crippen LogP contribution in [0.15, 0.2) is 71.1 Å². The van der Waals surface area contributed by atoms with Gasteiger partial charge in [-0.15, -0.1) is 0 Å². The van der Waals surface area contributed by atoms with Crippen LogP contribution in [0.4, 0.5) is 27.9 Å². The van der Waals surface area contributed by atoms with E-state index in [1.54, 1.807) is 23.1 Å². The molecular weight excluding hydrogens is 482 g/mol. The minimum Gasteiger partial charge on any atom is -0.491 e. The Labute approximate surface area is 213 Å². The number of ether oxygens (including phenoxy) is 1. The van der Waals surface area contributed by atoms with Crippen LogP contribution < -0.4 is 20.3 Å². The van der Waals surface area contributed by atoms with Crippen LogP contribution in [0.3, 0.4) is 0 Å². The topological polar surface area (TPSA) is 103 Å². The number of piperazine rings is 1. The molecule has 0 atom stereocenters. The molecule has 0 aliphatic carbocycles. The Bertz CT molecular complexity index is 1300. The van der Waals surface area contributed by atoms with Gasteiger partial charge in [0.2, 0.25) is 0 Å². The smallest absolute Gasteiger partial charge is 0.322 e. The van der Waals surface area contributed by atoms with E-state index in [0.717, 1.165) is 22.5 Å². The average Bonchev–Trinajstić information content (AvgIpc) is 3.32. The molecule has 4 aromatic rings. The molecule has 0 spiro atoms. The maximum atomic E-state index is 12.8. The van der Waals surface area contributed by atoms with E-state index in [9.17, 15) is 4.79 Å². The Kier molecular flexibility index (Phi) is 7.11. The number of oxazole rings is 1. The van der Waals surface area contributed by atoms with Crippen molar-refractivity contribution >= 4 is 51.8 Å². The number of para-hydroxylation sites is 2. The summed E-state index contributed by atoms with van der Waals surface area (Å²) >= 11 is 6.28. The third kappa shape index (κ3) is 5.48. The monoisotopic (exact) mass is 507 g/mol. The SMILES string of the molecule is O=C(Nc1ccc(OCCO)cc1Cl)N1CCN(c2ccc(Nc3nc4ccccc4o3)cc2)CC1. The minimum atomic E-state index is -0.196. The highest BCUT2D eigenvalue weighted by atomic mass is 35.5. The van der Waals surface area contributed by atoms with Crippen LogP contribution in [-0.4, -0.2) is 60.4 Å². The van der Waals surface area contributed by atoms with E-state index in [1.807, 2.05) is 48.5 Å². The molecule has 186 valence electrons. The van der Waals surface area contributed by atoms with Crippen LogP contribution in [-0.2, 0) is 0 Å². The predicted octanol–water partition coefficient (Wildman–Crippen LogP) is 4.95. The van der Waals surface area contributed by atoms with Crippen molar-refractivity contribution in [2.45, 2.75) is 0 Å². The lowest BCUT2D eigenvalue weighted by atomic mass is 10.2. The predicted molar refractivity (Wildman–Crippen MR) is 141 cm³/mol. The lowest BCUT2D eigenvalue weighted by molar-refractivity contribution is 0.201. The van der Waals surface area contributed by atoms with Crippen LogP contribution >= 0.6 is 11.6 Å². The quantitative estimate of drug-likeness (QED) is 0.325. The molecule has 1 aliphatic heterocycles. The molecule has 3 aromatic carbocycles. The van der Waals surface area contributed by atoms with Crippen molar-refractivity contribution in [3.05, 3.63) is 71.8 Å². The molecule has 5 rings (SSSR count). The first kappa shape index (κ1) is 23.8. The molecule has 2 amide bonds. The van der Waals surface area contributed by atoms with Crippen LogP contribution in [0.2, 0.25) is 5.02 Å². The summed E-state index contributed by atoms with van der Waals surface area (Å²) in [6, 6.07) is 21.0. The van der Waals surface area contributed by atoms with Crippen molar-refractivity contribution in [1.29, 1.82) is 0 Å². The first-order chi connectivity index (χ1) is 17.6. The highest BCUT2D eigenvalue weighted by molar-refractivity contribution is 6.33. The zero-order valence-electron chi connectivity index (χ0n) is 19.5. The molecule has 0 radical (unpaired) electrons. The summed E-state index contributed by atoms with van der Waals surface area (Å²) in [7, 11) is 0. The normalized spacial score (nSPS) is 13.6. The number of nitrogens with one attached hydrogen (secondary N) is 2. The first-order valence-electron chi connectivity index (χ1n) is 11.7. The van der Waals surface area contributed by atoms with Gasteiger partial charge in [0.25, 0.3) is 6.01 Å². The Balaban J connectivity index is 1.13. The largest absolute Gasteiger partial charge is 0.491 e. The van der Waals surface area contributed by atoms with Gasteiger partial charge in [0.15, 0.2) is 5.58 Å². The Morgan fingerprint density at radius 2 is 1.83 bits per heavy atom. The third-order valence-corrected chi connectivity index (χ3v) is 6.20. The van der Waals surface area contributed by atoms with Gasteiger partial charge in [-0.05, 0) is 48.5 Å². The molecule has 3 N–H and O–H groups in total. The number of aromatic nitrogens is 1. The highest BCUT2D eigenvalue weighted by Gasteiger charge is 2.22. The number of hydrogen-bond acceptors (Lipinski definition) is 7. The number of aliphatic hydroxyl groups excluding tert-OH is 1. The number of rotatable bonds is 7. The van der Waals surface area contributed by atoms with Crippen molar-refractivity contribution < 1.29 is 19.1 Å². The van der Waals surface area contributed by atoms with E-state index in [2.05, 4.69) is 20.5 Å². The Morgan fingerprint density at radius 3 is 2.56 bits per heavy atom. The second kappa shape index (κ2) is 10.8. The molecule has 1 aliphatic rings. The Hall–Kier alpha value is -3.95. The van der Waals surface area contributed by atoms with E-state index in [0.29, 0.717) is 48.7 Å². The summed E-state index contributed by atoms with van der Waals surface area (Å²) in [5.74, 6) is 0.538. The zero-order chi connectivity index (χ0) is 24.9. The number of benzene rings is 3. The van der Waals surface area contributed by atoms with Gasteiger partial charge in [-0.25, -0.2) is 4.79 Å². The molecule has 1 saturated heterocycles. The summed E-state index contributed by atoms with van der Waals surface area (Å²) in [5.41, 5.74) is 4.03. The summed E-state index contributed by atoms with van der Waals surface area (Å²) in [6.07, 6.45) is 0. The average molecular weight is 508 g/mol. The molecular formula is C26H26ClN5O4. The van der Waals surface area contributed by atoms with Gasteiger partial charge in [0.05, 0.1) is 17.3 Å². The fraction of sp³-hybridized carbons (Fsp3) is 0.231. The van der Waals surface area contributed by atoms with E-state index in [1.165, 1.54) is 0 Å². The Morgan fingerprint density at radius 1 is 1.06 bits per heavy atom. The summed E-state index contributed by atoms with van der Waals surface area (Å²) in [4.78, 5) is 21.2. The van der Waals surface area contributed by atoms with Gasteiger partial charge >= 0.3 is 6.03 Å². The van der Waals surface area contributed by atoms with Crippen molar-refractivity contribution in [1.82, 2.24) is 9.88 Å². The van der Waals surface area contributed by atoms with Crippen molar-refractivity contribution in [3.8, 4) is 5.75 Å². The number of fused-ring (bicyclic) bond motifs is 1. The van der Waals surface area contributed by atoms with E-state index in [-0.39, 0.29) is 19.2 Å². The second-order valence-corrected chi connectivity index (χ2v) is 8.68. The number of amides is 2. The minimum absolute atomic E-state index is 0.0803. The fourth-order valence-electron chi connectivity index (χ4n) is 4.02. The van der Waals surface area contributed by atoms with Gasteiger partial charge in [0.1, 0.15) is 17.9 Å². The van der Waals surface area contributed by atoms with E-state index < -0.39 is 0 Å². The van der Waals surface area contributed by atoms with Gasteiger partial charge in [-0.1, -0.05) is 23.7 Å². The lowest BCUT2D eigenvalue weighted by Crippen LogP contribution is -2.50. The van der Waals surface area contributed by atoms with Gasteiger partial charge in [0, 0.05) is 43.6 Å². The zero-order valence-corrected chi connectivity index (χ0v) is 20.2. The number of nitrogens with zero attached hydrogens (tertiary/aromatic N) is 3. The summed E-state index contributed by atoms with van der Waals surface area (Å²) < 4.78 is 11.1. The summed E-state index contributed by atoms with van der Waals surface area (Å²) in [5, 5.41) is 15.3. The molecule has 2 heterocycles. The van der Waals surface area contributed by atoms with Gasteiger partial charge in [-0.2, -0.15) is 4.98 Å². The maximum absolute atomic E-state index is 12.8. The molecule has 0 bridgehead atoms. The fourth-order valence-corrected chi connectivity index (χ4v) is 4.23. The maximum Gasteiger partial charge on any atom is 0.322 e. The number of carbonyl (C=O) groups excluding carboxylic acids is 1.